The molecule has 0 aliphatic heterocycles. The molecule has 0 aliphatic carbocycles. The first kappa shape index (κ1) is 12.5. The minimum absolute atomic E-state index is 0.444. The van der Waals surface area contributed by atoms with Gasteiger partial charge in [0.1, 0.15) is 0 Å². The van der Waals surface area contributed by atoms with E-state index in [1.807, 2.05) is 13.1 Å². The van der Waals surface area contributed by atoms with Gasteiger partial charge in [-0.3, -0.25) is 4.79 Å². The molecule has 88 valence electrons. The lowest BCUT2D eigenvalue weighted by Crippen LogP contribution is -2.19. The topological polar surface area (TPSA) is 72.3 Å². The van der Waals surface area contributed by atoms with Gasteiger partial charge in [0, 0.05) is 17.8 Å². The number of rotatable bonds is 5. The van der Waals surface area contributed by atoms with Crippen molar-refractivity contribution in [1.29, 1.82) is 0 Å². The van der Waals surface area contributed by atoms with Gasteiger partial charge in [-0.05, 0) is 37.7 Å². The molecule has 0 saturated carbocycles. The zero-order valence-electron chi connectivity index (χ0n) is 9.86. The third-order valence-electron chi connectivity index (χ3n) is 2.48. The normalized spacial score (nSPS) is 10.7. The maximum Gasteiger partial charge on any atom is 0.248 e. The molecule has 0 bridgehead atoms. The van der Waals surface area contributed by atoms with E-state index in [0.29, 0.717) is 11.3 Å². The Morgan fingerprint density at radius 1 is 1.44 bits per heavy atom. The van der Waals surface area contributed by atoms with Gasteiger partial charge in [-0.1, -0.05) is 13.0 Å². The molecule has 1 amide bonds. The fourth-order valence-electron chi connectivity index (χ4n) is 1.64. The maximum atomic E-state index is 10.9. The number of amides is 1. The summed E-state index contributed by atoms with van der Waals surface area (Å²) in [4.78, 5) is 13.1. The molecule has 4 nitrogen and oxygen atoms in total. The Morgan fingerprint density at radius 2 is 2.12 bits per heavy atom. The second-order valence-corrected chi connectivity index (χ2v) is 4.02. The van der Waals surface area contributed by atoms with Crippen molar-refractivity contribution in [3.63, 3.8) is 0 Å². The van der Waals surface area contributed by atoms with Crippen LogP contribution in [0.25, 0.3) is 0 Å². The van der Waals surface area contributed by atoms with Crippen molar-refractivity contribution in [1.82, 2.24) is 4.90 Å². The van der Waals surface area contributed by atoms with Crippen LogP contribution in [0, 0.1) is 0 Å². The summed E-state index contributed by atoms with van der Waals surface area (Å²) in [5.41, 5.74) is 13.2. The van der Waals surface area contributed by atoms with E-state index in [1.54, 1.807) is 12.1 Å². The van der Waals surface area contributed by atoms with Gasteiger partial charge in [0.2, 0.25) is 5.91 Å². The summed E-state index contributed by atoms with van der Waals surface area (Å²) in [6, 6.07) is 5.22. The SMILES string of the molecule is CCCN(C)Cc1ccc(C(N)=O)cc1N. The molecular formula is C12H19N3O. The number of hydrogen-bond donors (Lipinski definition) is 2. The number of primary amides is 1. The Hall–Kier alpha value is -1.55. The third kappa shape index (κ3) is 3.24. The summed E-state index contributed by atoms with van der Waals surface area (Å²) in [7, 11) is 2.05. The highest BCUT2D eigenvalue weighted by Gasteiger charge is 2.06. The van der Waals surface area contributed by atoms with Crippen molar-refractivity contribution in [2.75, 3.05) is 19.3 Å². The Balaban J connectivity index is 2.79. The van der Waals surface area contributed by atoms with Crippen LogP contribution in [0.15, 0.2) is 18.2 Å². The molecule has 4 heteroatoms. The lowest BCUT2D eigenvalue weighted by atomic mass is 10.1. The Bertz CT molecular complexity index is 377. The van der Waals surface area contributed by atoms with Crippen LogP contribution in [0.3, 0.4) is 0 Å². The molecule has 1 aromatic rings. The number of carbonyl (C=O) groups is 1. The minimum Gasteiger partial charge on any atom is -0.398 e. The number of nitrogen functional groups attached to an aromatic ring is 1. The van der Waals surface area contributed by atoms with Crippen molar-refractivity contribution in [3.05, 3.63) is 29.3 Å². The van der Waals surface area contributed by atoms with Gasteiger partial charge >= 0.3 is 0 Å². The lowest BCUT2D eigenvalue weighted by Gasteiger charge is -2.17. The highest BCUT2D eigenvalue weighted by Crippen LogP contribution is 2.15. The van der Waals surface area contributed by atoms with Gasteiger partial charge in [-0.2, -0.15) is 0 Å². The second-order valence-electron chi connectivity index (χ2n) is 4.02. The first-order chi connectivity index (χ1) is 7.54. The molecular weight excluding hydrogens is 202 g/mol. The maximum absolute atomic E-state index is 10.9. The highest BCUT2D eigenvalue weighted by atomic mass is 16.1. The number of nitrogens with zero attached hydrogens (tertiary/aromatic N) is 1. The summed E-state index contributed by atoms with van der Waals surface area (Å²) in [5, 5.41) is 0. The summed E-state index contributed by atoms with van der Waals surface area (Å²) in [5.74, 6) is -0.444. The average Bonchev–Trinajstić information content (AvgIpc) is 2.21. The van der Waals surface area contributed by atoms with Crippen molar-refractivity contribution < 1.29 is 4.79 Å². The van der Waals surface area contributed by atoms with Gasteiger partial charge in [0.25, 0.3) is 0 Å². The molecule has 0 aliphatic rings. The van der Waals surface area contributed by atoms with Crippen LogP contribution in [0.1, 0.15) is 29.3 Å². The third-order valence-corrected chi connectivity index (χ3v) is 2.48. The molecule has 0 unspecified atom stereocenters. The Labute approximate surface area is 96.2 Å². The smallest absolute Gasteiger partial charge is 0.248 e. The van der Waals surface area contributed by atoms with Crippen LogP contribution in [0.5, 0.6) is 0 Å². The van der Waals surface area contributed by atoms with Gasteiger partial charge in [-0.15, -0.1) is 0 Å². The first-order valence-electron chi connectivity index (χ1n) is 5.41. The highest BCUT2D eigenvalue weighted by molar-refractivity contribution is 5.93. The van der Waals surface area contributed by atoms with Crippen molar-refractivity contribution >= 4 is 11.6 Å². The minimum atomic E-state index is -0.444. The first-order valence-corrected chi connectivity index (χ1v) is 5.41. The van der Waals surface area contributed by atoms with Gasteiger partial charge in [0.05, 0.1) is 0 Å². The zero-order chi connectivity index (χ0) is 12.1. The Morgan fingerprint density at radius 3 is 2.62 bits per heavy atom. The van der Waals surface area contributed by atoms with E-state index < -0.39 is 5.91 Å². The van der Waals surface area contributed by atoms with Crippen LogP contribution in [0.2, 0.25) is 0 Å². The molecule has 0 saturated heterocycles. The van der Waals surface area contributed by atoms with Crippen molar-refractivity contribution in [2.24, 2.45) is 5.73 Å². The molecule has 4 N–H and O–H groups in total. The molecule has 0 aromatic heterocycles. The van der Waals surface area contributed by atoms with Crippen LogP contribution in [-0.2, 0) is 6.54 Å². The van der Waals surface area contributed by atoms with E-state index in [1.165, 1.54) is 0 Å². The monoisotopic (exact) mass is 221 g/mol. The van der Waals surface area contributed by atoms with Crippen molar-refractivity contribution in [3.8, 4) is 0 Å². The Kier molecular flexibility index (Phi) is 4.31. The van der Waals surface area contributed by atoms with E-state index in [-0.39, 0.29) is 0 Å². The van der Waals surface area contributed by atoms with Crippen molar-refractivity contribution in [2.45, 2.75) is 19.9 Å². The van der Waals surface area contributed by atoms with E-state index in [4.69, 9.17) is 11.5 Å². The predicted molar refractivity (Wildman–Crippen MR) is 66.0 cm³/mol. The lowest BCUT2D eigenvalue weighted by molar-refractivity contribution is 0.100. The molecule has 16 heavy (non-hydrogen) atoms. The molecule has 0 radical (unpaired) electrons. The number of benzene rings is 1. The van der Waals surface area contributed by atoms with E-state index in [0.717, 1.165) is 25.1 Å². The fourth-order valence-corrected chi connectivity index (χ4v) is 1.64. The summed E-state index contributed by atoms with van der Waals surface area (Å²) < 4.78 is 0. The predicted octanol–water partition coefficient (Wildman–Crippen LogP) is 1.21. The summed E-state index contributed by atoms with van der Waals surface area (Å²) in [6.07, 6.45) is 1.11. The molecule has 0 atom stereocenters. The van der Waals surface area contributed by atoms with E-state index in [2.05, 4.69) is 11.8 Å². The largest absolute Gasteiger partial charge is 0.398 e. The van der Waals surface area contributed by atoms with Crippen LogP contribution >= 0.6 is 0 Å². The number of anilines is 1. The number of hydrogen-bond acceptors (Lipinski definition) is 3. The molecule has 0 fully saturated rings. The molecule has 0 heterocycles. The standard InChI is InChI=1S/C12H19N3O/c1-3-6-15(2)8-10-5-4-9(12(14)16)7-11(10)13/h4-5,7H,3,6,8,13H2,1-2H3,(H2,14,16). The van der Waals surface area contributed by atoms with Crippen LogP contribution in [-0.4, -0.2) is 24.4 Å². The quantitative estimate of drug-likeness (QED) is 0.734. The van der Waals surface area contributed by atoms with Gasteiger partial charge in [-0.25, -0.2) is 0 Å². The van der Waals surface area contributed by atoms with E-state index >= 15 is 0 Å². The summed E-state index contributed by atoms with van der Waals surface area (Å²) in [6.45, 7) is 3.95. The zero-order valence-corrected chi connectivity index (χ0v) is 9.86. The van der Waals surface area contributed by atoms with Gasteiger partial charge in [0.15, 0.2) is 0 Å². The molecule has 0 spiro atoms. The number of nitrogens with two attached hydrogens (primary N) is 2. The molecule has 1 rings (SSSR count). The second kappa shape index (κ2) is 5.51. The fraction of sp³-hybridized carbons (Fsp3) is 0.417. The average molecular weight is 221 g/mol. The van der Waals surface area contributed by atoms with E-state index in [9.17, 15) is 4.79 Å². The van der Waals surface area contributed by atoms with Crippen LogP contribution in [0.4, 0.5) is 5.69 Å². The van der Waals surface area contributed by atoms with Crippen LogP contribution < -0.4 is 11.5 Å². The summed E-state index contributed by atoms with van der Waals surface area (Å²) >= 11 is 0. The molecule has 1 aromatic carbocycles. The van der Waals surface area contributed by atoms with Gasteiger partial charge < -0.3 is 16.4 Å². The number of carbonyl (C=O) groups excluding carboxylic acids is 1.